The van der Waals surface area contributed by atoms with Crippen LogP contribution in [0.25, 0.3) is 0 Å². The van der Waals surface area contributed by atoms with Crippen LogP contribution < -0.4 is 27.0 Å². The molecule has 1 rings (SSSR count). The lowest BCUT2D eigenvalue weighted by Gasteiger charge is -2.17. The van der Waals surface area contributed by atoms with E-state index in [4.69, 9.17) is 10.8 Å². The van der Waals surface area contributed by atoms with E-state index in [1.807, 2.05) is 30.3 Å². The molecule has 0 fully saturated rings. The van der Waals surface area contributed by atoms with E-state index in [-0.39, 0.29) is 0 Å². The normalized spacial score (nSPS) is 12.2. The summed E-state index contributed by atoms with van der Waals surface area (Å²) in [5.74, 6) is -3.65. The molecule has 7 N–H and O–H groups in total. The minimum Gasteiger partial charge on any atom is -0.480 e. The molecule has 1 aromatic carbocycles. The second-order valence-corrected chi connectivity index (χ2v) is 6.19. The molecule has 29 heavy (non-hydrogen) atoms. The van der Waals surface area contributed by atoms with Gasteiger partial charge in [0.1, 0.15) is 12.6 Å². The first-order valence-electron chi connectivity index (χ1n) is 8.81. The van der Waals surface area contributed by atoms with E-state index in [1.54, 1.807) is 0 Å². The Morgan fingerprint density at radius 2 is 1.45 bits per heavy atom. The number of benzene rings is 1. The summed E-state index contributed by atoms with van der Waals surface area (Å²) < 4.78 is 0. The smallest absolute Gasteiger partial charge is 0.322 e. The monoisotopic (exact) mass is 407 g/mol. The number of rotatable bonds is 11. The zero-order valence-corrected chi connectivity index (χ0v) is 15.9. The van der Waals surface area contributed by atoms with E-state index in [0.29, 0.717) is 6.42 Å². The Labute approximate surface area is 167 Å². The summed E-state index contributed by atoms with van der Waals surface area (Å²) in [5, 5.41) is 17.5. The number of hydrogen-bond donors (Lipinski definition) is 6. The largest absolute Gasteiger partial charge is 0.480 e. The molecule has 0 saturated heterocycles. The van der Waals surface area contributed by atoms with Crippen LogP contribution in [-0.4, -0.2) is 66.4 Å². The summed E-state index contributed by atoms with van der Waals surface area (Å²) in [6, 6.07) is 7.43. The van der Waals surface area contributed by atoms with Crippen molar-refractivity contribution < 1.29 is 29.1 Å². The van der Waals surface area contributed by atoms with Crippen LogP contribution in [0, 0.1) is 0 Å². The van der Waals surface area contributed by atoms with Gasteiger partial charge in [-0.15, -0.1) is 0 Å². The van der Waals surface area contributed by atoms with Crippen molar-refractivity contribution in [3.05, 3.63) is 35.9 Å². The minimum absolute atomic E-state index is 0.313. The van der Waals surface area contributed by atoms with E-state index >= 15 is 0 Å². The summed E-state index contributed by atoms with van der Waals surface area (Å²) in [6.45, 7) is 0.0404. The van der Waals surface area contributed by atoms with Gasteiger partial charge in [-0.3, -0.25) is 24.0 Å². The van der Waals surface area contributed by atoms with Crippen molar-refractivity contribution in [3.63, 3.8) is 0 Å². The Hall–Kier alpha value is -3.47. The Balaban J connectivity index is 2.30. The topological polar surface area (TPSA) is 180 Å². The van der Waals surface area contributed by atoms with E-state index < -0.39 is 61.3 Å². The van der Waals surface area contributed by atoms with Gasteiger partial charge in [0.15, 0.2) is 0 Å². The maximum atomic E-state index is 12.1. The number of carboxylic acid groups (broad SMARTS) is 1. The van der Waals surface area contributed by atoms with E-state index in [2.05, 4.69) is 21.3 Å². The lowest BCUT2D eigenvalue weighted by Crippen LogP contribution is -2.52. The molecule has 4 amide bonds. The van der Waals surface area contributed by atoms with Crippen molar-refractivity contribution in [3.8, 4) is 0 Å². The lowest BCUT2D eigenvalue weighted by atomic mass is 10.1. The fraction of sp³-hybridized carbons (Fsp3) is 0.389. The molecule has 0 saturated carbocycles. The molecular formula is C18H25N5O6. The highest BCUT2D eigenvalue weighted by Gasteiger charge is 2.20. The third kappa shape index (κ3) is 9.86. The summed E-state index contributed by atoms with van der Waals surface area (Å²) in [5.41, 5.74) is 6.73. The second kappa shape index (κ2) is 12.1. The Kier molecular flexibility index (Phi) is 9.82. The molecular weight excluding hydrogens is 382 g/mol. The van der Waals surface area contributed by atoms with Gasteiger partial charge < -0.3 is 32.1 Å². The molecule has 0 aromatic heterocycles. The molecule has 0 radical (unpaired) electrons. The van der Waals surface area contributed by atoms with Crippen LogP contribution in [0.2, 0.25) is 0 Å². The number of amides is 4. The number of carbonyl (C=O) groups is 5. The molecule has 0 spiro atoms. The fourth-order valence-corrected chi connectivity index (χ4v) is 2.15. The number of nitrogens with two attached hydrogens (primary N) is 1. The molecule has 158 valence electrons. The van der Waals surface area contributed by atoms with Crippen molar-refractivity contribution in [2.75, 3.05) is 19.6 Å². The van der Waals surface area contributed by atoms with Crippen molar-refractivity contribution in [1.82, 2.24) is 21.3 Å². The predicted molar refractivity (Wildman–Crippen MR) is 102 cm³/mol. The maximum Gasteiger partial charge on any atom is 0.322 e. The number of carbonyl (C=O) groups excluding carboxylic acids is 4. The van der Waals surface area contributed by atoms with Gasteiger partial charge in [0.05, 0.1) is 19.1 Å². The third-order valence-corrected chi connectivity index (χ3v) is 3.69. The average molecular weight is 407 g/mol. The highest BCUT2D eigenvalue weighted by atomic mass is 16.4. The zero-order chi connectivity index (χ0) is 21.8. The van der Waals surface area contributed by atoms with Gasteiger partial charge in [0.2, 0.25) is 23.6 Å². The molecule has 11 heteroatoms. The van der Waals surface area contributed by atoms with Crippen LogP contribution in [0.3, 0.4) is 0 Å². The van der Waals surface area contributed by atoms with Crippen molar-refractivity contribution in [2.24, 2.45) is 5.73 Å². The second-order valence-electron chi connectivity index (χ2n) is 6.19. The highest BCUT2D eigenvalue weighted by molar-refractivity contribution is 5.92. The quantitative estimate of drug-likeness (QED) is 0.234. The number of carboxylic acids is 1. The van der Waals surface area contributed by atoms with E-state index in [9.17, 15) is 24.0 Å². The fourth-order valence-electron chi connectivity index (χ4n) is 2.15. The van der Waals surface area contributed by atoms with Crippen LogP contribution in [0.15, 0.2) is 30.3 Å². The molecule has 0 aliphatic rings. The number of nitrogens with one attached hydrogen (secondary N) is 4. The molecule has 11 nitrogen and oxygen atoms in total. The van der Waals surface area contributed by atoms with Crippen LogP contribution in [0.1, 0.15) is 12.5 Å². The first-order chi connectivity index (χ1) is 13.7. The van der Waals surface area contributed by atoms with Gasteiger partial charge >= 0.3 is 5.97 Å². The van der Waals surface area contributed by atoms with Crippen LogP contribution in [-0.2, 0) is 30.4 Å². The molecule has 2 unspecified atom stereocenters. The highest BCUT2D eigenvalue weighted by Crippen LogP contribution is 2.02. The lowest BCUT2D eigenvalue weighted by molar-refractivity contribution is -0.137. The molecule has 0 bridgehead atoms. The minimum atomic E-state index is -1.21. The zero-order valence-electron chi connectivity index (χ0n) is 15.9. The first kappa shape index (κ1) is 23.6. The first-order valence-corrected chi connectivity index (χ1v) is 8.81. The molecule has 1 aromatic rings. The van der Waals surface area contributed by atoms with Gasteiger partial charge in [-0.2, -0.15) is 0 Å². The van der Waals surface area contributed by atoms with Gasteiger partial charge in [-0.25, -0.2) is 0 Å². The van der Waals surface area contributed by atoms with Crippen molar-refractivity contribution in [1.29, 1.82) is 0 Å². The maximum absolute atomic E-state index is 12.1. The number of aliphatic carboxylic acids is 1. The van der Waals surface area contributed by atoms with Gasteiger partial charge in [-0.05, 0) is 18.9 Å². The van der Waals surface area contributed by atoms with Crippen LogP contribution >= 0.6 is 0 Å². The van der Waals surface area contributed by atoms with Crippen molar-refractivity contribution >= 4 is 29.6 Å². The third-order valence-electron chi connectivity index (χ3n) is 3.69. The van der Waals surface area contributed by atoms with Crippen LogP contribution in [0.4, 0.5) is 0 Å². The van der Waals surface area contributed by atoms with E-state index in [0.717, 1.165) is 5.56 Å². The summed E-state index contributed by atoms with van der Waals surface area (Å²) in [7, 11) is 0. The average Bonchev–Trinajstić information content (AvgIpc) is 2.69. The van der Waals surface area contributed by atoms with E-state index in [1.165, 1.54) is 6.92 Å². The van der Waals surface area contributed by atoms with Gasteiger partial charge in [0, 0.05) is 0 Å². The molecule has 0 aliphatic carbocycles. The summed E-state index contributed by atoms with van der Waals surface area (Å²) in [6.07, 6.45) is 0.313. The Morgan fingerprint density at radius 1 is 0.897 bits per heavy atom. The molecule has 2 atom stereocenters. The predicted octanol–water partition coefficient (Wildman–Crippen LogP) is -2.51. The Morgan fingerprint density at radius 3 is 2.03 bits per heavy atom. The molecule has 0 aliphatic heterocycles. The van der Waals surface area contributed by atoms with Gasteiger partial charge in [-0.1, -0.05) is 30.3 Å². The SMILES string of the molecule is CC(NC(=O)C(N)Cc1ccccc1)C(=O)NCC(=O)NCC(=O)NCC(=O)O. The number of hydrogen-bond acceptors (Lipinski definition) is 6. The van der Waals surface area contributed by atoms with Gasteiger partial charge in [0.25, 0.3) is 0 Å². The standard InChI is InChI=1S/C18H25N5O6/c1-11(23-18(29)13(19)7-12-5-3-2-4-6-12)17(28)22-9-15(25)20-8-14(24)21-10-16(26)27/h2-6,11,13H,7-10,19H2,1H3,(H,20,25)(H,21,24)(H,22,28)(H,23,29)(H,26,27). The molecule has 0 heterocycles. The Bertz CT molecular complexity index is 740. The van der Waals surface area contributed by atoms with Crippen LogP contribution in [0.5, 0.6) is 0 Å². The summed E-state index contributed by atoms with van der Waals surface area (Å²) in [4.78, 5) is 57.3. The van der Waals surface area contributed by atoms with Crippen molar-refractivity contribution in [2.45, 2.75) is 25.4 Å². The summed E-state index contributed by atoms with van der Waals surface area (Å²) >= 11 is 0.